The fraction of sp³-hybridized carbons (Fsp3) is 0.222. The van der Waals surface area contributed by atoms with E-state index in [0.717, 1.165) is 10.3 Å². The molecule has 0 bridgehead atoms. The SMILES string of the molecule is COC(=O)C1=CC2=NN=C(Br)[C@@H]2C=C1. The maximum Gasteiger partial charge on any atom is 0.337 e. The smallest absolute Gasteiger partial charge is 0.337 e. The molecule has 4 nitrogen and oxygen atoms in total. The molecule has 2 aliphatic rings. The number of ether oxygens (including phenoxy) is 1. The number of halogens is 1. The van der Waals surface area contributed by atoms with Gasteiger partial charge in [0.05, 0.1) is 24.3 Å². The lowest BCUT2D eigenvalue weighted by atomic mass is 9.96. The van der Waals surface area contributed by atoms with Gasteiger partial charge in [0.25, 0.3) is 0 Å². The van der Waals surface area contributed by atoms with Gasteiger partial charge in [0, 0.05) is 0 Å². The number of hydrogen-bond acceptors (Lipinski definition) is 4. The van der Waals surface area contributed by atoms with E-state index in [1.165, 1.54) is 7.11 Å². The summed E-state index contributed by atoms with van der Waals surface area (Å²) in [5, 5.41) is 7.80. The summed E-state index contributed by atoms with van der Waals surface area (Å²) in [5.74, 6) is -0.297. The molecule has 0 aromatic heterocycles. The van der Waals surface area contributed by atoms with Crippen LogP contribution in [0.25, 0.3) is 0 Å². The van der Waals surface area contributed by atoms with Crippen molar-refractivity contribution >= 4 is 32.2 Å². The third-order valence-electron chi connectivity index (χ3n) is 2.03. The Morgan fingerprint density at radius 1 is 1.57 bits per heavy atom. The van der Waals surface area contributed by atoms with E-state index in [9.17, 15) is 4.79 Å². The summed E-state index contributed by atoms with van der Waals surface area (Å²) >= 11 is 3.29. The lowest BCUT2D eigenvalue weighted by Gasteiger charge is -2.10. The molecule has 5 heteroatoms. The molecule has 0 radical (unpaired) electrons. The number of esters is 1. The Balaban J connectivity index is 2.26. The number of fused-ring (bicyclic) bond motifs is 1. The van der Waals surface area contributed by atoms with Crippen LogP contribution in [0.15, 0.2) is 34.0 Å². The van der Waals surface area contributed by atoms with Crippen molar-refractivity contribution in [1.29, 1.82) is 0 Å². The predicted molar refractivity (Wildman–Crippen MR) is 56.5 cm³/mol. The lowest BCUT2D eigenvalue weighted by molar-refractivity contribution is -0.135. The fourth-order valence-electron chi connectivity index (χ4n) is 1.30. The van der Waals surface area contributed by atoms with Gasteiger partial charge in [-0.25, -0.2) is 4.79 Å². The molecule has 0 saturated heterocycles. The lowest BCUT2D eigenvalue weighted by Crippen LogP contribution is -2.17. The van der Waals surface area contributed by atoms with Crippen LogP contribution in [0.1, 0.15) is 0 Å². The number of rotatable bonds is 1. The van der Waals surface area contributed by atoms with Crippen molar-refractivity contribution in [2.24, 2.45) is 16.1 Å². The first-order valence-corrected chi connectivity index (χ1v) is 4.81. The van der Waals surface area contributed by atoms with Crippen LogP contribution in [0, 0.1) is 5.92 Å². The minimum atomic E-state index is -0.356. The molecular formula is C9H7BrN2O2. The summed E-state index contributed by atoms with van der Waals surface area (Å²) in [6.07, 6.45) is 5.28. The zero-order valence-corrected chi connectivity index (χ0v) is 8.98. The van der Waals surface area contributed by atoms with Crippen LogP contribution < -0.4 is 0 Å². The van der Waals surface area contributed by atoms with Crippen LogP contribution in [-0.2, 0) is 9.53 Å². The Kier molecular flexibility index (Phi) is 2.33. The van der Waals surface area contributed by atoms with Gasteiger partial charge in [0.1, 0.15) is 4.62 Å². The highest BCUT2D eigenvalue weighted by atomic mass is 79.9. The van der Waals surface area contributed by atoms with E-state index in [-0.39, 0.29) is 11.9 Å². The topological polar surface area (TPSA) is 51.0 Å². The van der Waals surface area contributed by atoms with Crippen molar-refractivity contribution in [1.82, 2.24) is 0 Å². The minimum absolute atomic E-state index is 0.0587. The van der Waals surface area contributed by atoms with Gasteiger partial charge in [-0.2, -0.15) is 5.10 Å². The van der Waals surface area contributed by atoms with Crippen molar-refractivity contribution in [2.45, 2.75) is 0 Å². The van der Waals surface area contributed by atoms with Crippen LogP contribution in [0.5, 0.6) is 0 Å². The Morgan fingerprint density at radius 3 is 3.07 bits per heavy atom. The first kappa shape index (κ1) is 9.33. The Morgan fingerprint density at radius 2 is 2.36 bits per heavy atom. The van der Waals surface area contributed by atoms with Crippen molar-refractivity contribution < 1.29 is 9.53 Å². The van der Waals surface area contributed by atoms with Gasteiger partial charge in [0.15, 0.2) is 0 Å². The molecule has 1 heterocycles. The summed E-state index contributed by atoms with van der Waals surface area (Å²) in [4.78, 5) is 11.2. The van der Waals surface area contributed by atoms with Gasteiger partial charge in [-0.05, 0) is 22.0 Å². The maximum absolute atomic E-state index is 11.2. The highest BCUT2D eigenvalue weighted by molar-refractivity contribution is 9.18. The number of allylic oxidation sites excluding steroid dienone is 2. The molecule has 0 N–H and O–H groups in total. The number of carbonyl (C=O) groups excluding carboxylic acids is 1. The van der Waals surface area contributed by atoms with E-state index in [0.29, 0.717) is 5.57 Å². The maximum atomic E-state index is 11.2. The molecule has 72 valence electrons. The van der Waals surface area contributed by atoms with Crippen molar-refractivity contribution in [2.75, 3.05) is 7.11 Å². The van der Waals surface area contributed by atoms with Crippen LogP contribution in [0.2, 0.25) is 0 Å². The largest absolute Gasteiger partial charge is 0.465 e. The van der Waals surface area contributed by atoms with E-state index < -0.39 is 0 Å². The molecule has 0 unspecified atom stereocenters. The number of nitrogens with zero attached hydrogens (tertiary/aromatic N) is 2. The van der Waals surface area contributed by atoms with Gasteiger partial charge in [0.2, 0.25) is 0 Å². The quantitative estimate of drug-likeness (QED) is 0.665. The molecule has 0 fully saturated rings. The molecule has 0 aromatic carbocycles. The minimum Gasteiger partial charge on any atom is -0.465 e. The number of hydrogen-bond donors (Lipinski definition) is 0. The molecule has 2 rings (SSSR count). The average Bonchev–Trinajstić information content (AvgIpc) is 2.59. The molecule has 1 aliphatic carbocycles. The zero-order valence-electron chi connectivity index (χ0n) is 7.40. The first-order chi connectivity index (χ1) is 6.72. The fourth-order valence-corrected chi connectivity index (χ4v) is 1.77. The van der Waals surface area contributed by atoms with Gasteiger partial charge < -0.3 is 4.74 Å². The summed E-state index contributed by atoms with van der Waals surface area (Å²) < 4.78 is 5.37. The Labute approximate surface area is 89.2 Å². The van der Waals surface area contributed by atoms with E-state index in [2.05, 4.69) is 30.9 Å². The molecule has 0 spiro atoms. The third kappa shape index (κ3) is 1.43. The van der Waals surface area contributed by atoms with Gasteiger partial charge in [-0.1, -0.05) is 12.2 Å². The van der Waals surface area contributed by atoms with Crippen LogP contribution >= 0.6 is 15.9 Å². The highest BCUT2D eigenvalue weighted by Gasteiger charge is 2.26. The van der Waals surface area contributed by atoms with Crippen LogP contribution in [0.4, 0.5) is 0 Å². The monoisotopic (exact) mass is 254 g/mol. The molecule has 1 atom stereocenters. The number of methoxy groups -OCH3 is 1. The van der Waals surface area contributed by atoms with Crippen LogP contribution in [0.3, 0.4) is 0 Å². The summed E-state index contributed by atoms with van der Waals surface area (Å²) in [6, 6.07) is 0. The van der Waals surface area contributed by atoms with E-state index in [1.807, 2.05) is 6.08 Å². The molecular weight excluding hydrogens is 248 g/mol. The van der Waals surface area contributed by atoms with E-state index in [1.54, 1.807) is 12.2 Å². The van der Waals surface area contributed by atoms with Crippen LogP contribution in [-0.4, -0.2) is 23.4 Å². The Bertz CT molecular complexity index is 407. The van der Waals surface area contributed by atoms with Crippen molar-refractivity contribution in [3.05, 3.63) is 23.8 Å². The number of carbonyl (C=O) groups is 1. The molecule has 0 aromatic rings. The second-order valence-corrected chi connectivity index (χ2v) is 3.69. The van der Waals surface area contributed by atoms with E-state index in [4.69, 9.17) is 0 Å². The van der Waals surface area contributed by atoms with Gasteiger partial charge in [-0.3, -0.25) is 0 Å². The standard InChI is InChI=1S/C9H7BrN2O2/c1-14-9(13)5-2-3-6-7(4-5)11-12-8(6)10/h2-4,6H,1H3/t6-/m1/s1. The zero-order chi connectivity index (χ0) is 10.1. The molecule has 14 heavy (non-hydrogen) atoms. The van der Waals surface area contributed by atoms with E-state index >= 15 is 0 Å². The van der Waals surface area contributed by atoms with Gasteiger partial charge >= 0.3 is 5.97 Å². The predicted octanol–water partition coefficient (Wildman–Crippen LogP) is 1.43. The average molecular weight is 255 g/mol. The second-order valence-electron chi connectivity index (χ2n) is 2.88. The Hall–Kier alpha value is -1.23. The molecule has 0 saturated carbocycles. The molecule has 1 aliphatic heterocycles. The summed E-state index contributed by atoms with van der Waals surface area (Å²) in [5.41, 5.74) is 1.26. The van der Waals surface area contributed by atoms with Gasteiger partial charge in [-0.15, -0.1) is 5.10 Å². The normalized spacial score (nSPS) is 23.6. The van der Waals surface area contributed by atoms with Crippen molar-refractivity contribution in [3.8, 4) is 0 Å². The second kappa shape index (κ2) is 3.49. The highest BCUT2D eigenvalue weighted by Crippen LogP contribution is 2.23. The molecule has 0 amide bonds. The summed E-state index contributed by atoms with van der Waals surface area (Å²) in [7, 11) is 1.35. The van der Waals surface area contributed by atoms with Crippen molar-refractivity contribution in [3.63, 3.8) is 0 Å². The summed E-state index contributed by atoms with van der Waals surface area (Å²) in [6.45, 7) is 0. The first-order valence-electron chi connectivity index (χ1n) is 4.01. The third-order valence-corrected chi connectivity index (χ3v) is 2.68.